The third-order valence-corrected chi connectivity index (χ3v) is 4.75. The van der Waals surface area contributed by atoms with Crippen molar-refractivity contribution >= 4 is 41.5 Å². The average molecular weight is 453 g/mol. The summed E-state index contributed by atoms with van der Waals surface area (Å²) in [6.07, 6.45) is 0.641. The predicted molar refractivity (Wildman–Crippen MR) is 104 cm³/mol. The Morgan fingerprint density at radius 3 is 1.78 bits per heavy atom. The van der Waals surface area contributed by atoms with E-state index in [4.69, 9.17) is 9.68 Å². The molecule has 2 heterocycles. The van der Waals surface area contributed by atoms with Gasteiger partial charge >= 0.3 is 11.9 Å². The zero-order chi connectivity index (χ0) is 23.8. The quantitative estimate of drug-likeness (QED) is 0.343. The van der Waals surface area contributed by atoms with E-state index in [1.807, 2.05) is 13.8 Å². The second-order valence-corrected chi connectivity index (χ2v) is 7.99. The zero-order valence-corrected chi connectivity index (χ0v) is 18.1. The minimum absolute atomic E-state index is 0.00168. The SMILES string of the molecule is CC(C)C[C@H](NC(=O)CCCCC(=O)ON1C(=O)CCC1=O)C(=O)ON1C(=O)CCC1=O. The zero-order valence-electron chi connectivity index (χ0n) is 18.1. The summed E-state index contributed by atoms with van der Waals surface area (Å²) in [6, 6.07) is -1.04. The van der Waals surface area contributed by atoms with Crippen molar-refractivity contribution in [3.8, 4) is 0 Å². The molecule has 0 spiro atoms. The third-order valence-electron chi connectivity index (χ3n) is 4.75. The fourth-order valence-corrected chi connectivity index (χ4v) is 3.12. The van der Waals surface area contributed by atoms with Gasteiger partial charge < -0.3 is 15.0 Å². The first-order chi connectivity index (χ1) is 15.1. The molecule has 2 rings (SSSR count). The molecule has 2 aliphatic rings. The van der Waals surface area contributed by atoms with Gasteiger partial charge in [0.25, 0.3) is 23.6 Å². The molecule has 0 aromatic carbocycles. The Morgan fingerprint density at radius 2 is 1.28 bits per heavy atom. The number of hydrogen-bond acceptors (Lipinski definition) is 9. The van der Waals surface area contributed by atoms with Crippen molar-refractivity contribution in [2.45, 2.75) is 77.7 Å². The fourth-order valence-electron chi connectivity index (χ4n) is 3.12. The highest BCUT2D eigenvalue weighted by molar-refractivity contribution is 6.02. The van der Waals surface area contributed by atoms with Crippen LogP contribution in [-0.2, 0) is 43.2 Å². The van der Waals surface area contributed by atoms with Gasteiger partial charge in [0.05, 0.1) is 0 Å². The second kappa shape index (κ2) is 11.3. The Balaban J connectivity index is 1.75. The van der Waals surface area contributed by atoms with E-state index in [1.165, 1.54) is 0 Å². The topological polar surface area (TPSA) is 156 Å². The van der Waals surface area contributed by atoms with Crippen LogP contribution in [0.4, 0.5) is 0 Å². The monoisotopic (exact) mass is 453 g/mol. The highest BCUT2D eigenvalue weighted by Crippen LogP contribution is 2.16. The van der Waals surface area contributed by atoms with E-state index in [1.54, 1.807) is 0 Å². The minimum atomic E-state index is -1.04. The van der Waals surface area contributed by atoms with Crippen LogP contribution in [0, 0.1) is 5.92 Å². The van der Waals surface area contributed by atoms with Gasteiger partial charge in [0, 0.05) is 38.5 Å². The number of carbonyl (C=O) groups excluding carboxylic acids is 7. The number of unbranched alkanes of at least 4 members (excludes halogenated alkanes) is 1. The lowest BCUT2D eigenvalue weighted by atomic mass is 10.0. The molecule has 2 saturated heterocycles. The van der Waals surface area contributed by atoms with Gasteiger partial charge in [-0.05, 0) is 25.2 Å². The normalized spacial score (nSPS) is 17.2. The molecule has 5 amide bonds. The summed E-state index contributed by atoms with van der Waals surface area (Å²) in [5.74, 6) is -4.46. The van der Waals surface area contributed by atoms with Crippen molar-refractivity contribution in [1.29, 1.82) is 0 Å². The predicted octanol–water partition coefficient (Wildman–Crippen LogP) is 0.292. The molecule has 32 heavy (non-hydrogen) atoms. The second-order valence-electron chi connectivity index (χ2n) is 7.99. The Labute approximate surface area is 184 Å². The molecule has 0 aromatic rings. The molecule has 2 fully saturated rings. The first-order valence-corrected chi connectivity index (χ1v) is 10.5. The number of rotatable bonds is 11. The van der Waals surface area contributed by atoms with Crippen LogP contribution in [0.25, 0.3) is 0 Å². The molecule has 0 saturated carbocycles. The van der Waals surface area contributed by atoms with Crippen LogP contribution < -0.4 is 5.32 Å². The van der Waals surface area contributed by atoms with Crippen LogP contribution in [0.15, 0.2) is 0 Å². The van der Waals surface area contributed by atoms with E-state index in [-0.39, 0.29) is 63.7 Å². The molecule has 2 aliphatic heterocycles. The number of carbonyl (C=O) groups is 7. The molecular formula is C20H27N3O9. The number of hydrogen-bond donors (Lipinski definition) is 1. The Bertz CT molecular complexity index is 776. The first-order valence-electron chi connectivity index (χ1n) is 10.5. The summed E-state index contributed by atoms with van der Waals surface area (Å²) in [5.41, 5.74) is 0. The summed E-state index contributed by atoms with van der Waals surface area (Å²) in [6.45, 7) is 3.67. The van der Waals surface area contributed by atoms with Crippen molar-refractivity contribution < 1.29 is 43.2 Å². The summed E-state index contributed by atoms with van der Waals surface area (Å²) in [4.78, 5) is 92.1. The van der Waals surface area contributed by atoms with Gasteiger partial charge in [-0.25, -0.2) is 9.59 Å². The van der Waals surface area contributed by atoms with Gasteiger partial charge in [-0.1, -0.05) is 13.8 Å². The van der Waals surface area contributed by atoms with Gasteiger partial charge in [0.15, 0.2) is 0 Å². The van der Waals surface area contributed by atoms with Crippen molar-refractivity contribution in [3.05, 3.63) is 0 Å². The third kappa shape index (κ3) is 7.13. The summed E-state index contributed by atoms with van der Waals surface area (Å²) < 4.78 is 0. The van der Waals surface area contributed by atoms with Gasteiger partial charge in [-0.3, -0.25) is 24.0 Å². The minimum Gasteiger partial charge on any atom is -0.343 e. The highest BCUT2D eigenvalue weighted by atomic mass is 16.7. The molecule has 0 aromatic heterocycles. The van der Waals surface area contributed by atoms with Gasteiger partial charge in [0.2, 0.25) is 5.91 Å². The molecule has 0 radical (unpaired) electrons. The molecule has 12 nitrogen and oxygen atoms in total. The van der Waals surface area contributed by atoms with Crippen LogP contribution in [0.3, 0.4) is 0 Å². The number of imide groups is 2. The Kier molecular flexibility index (Phi) is 8.85. The molecule has 176 valence electrons. The summed E-state index contributed by atoms with van der Waals surface area (Å²) >= 11 is 0. The summed E-state index contributed by atoms with van der Waals surface area (Å²) in [7, 11) is 0. The van der Waals surface area contributed by atoms with Crippen LogP contribution in [-0.4, -0.2) is 57.6 Å². The Morgan fingerprint density at radius 1 is 0.812 bits per heavy atom. The average Bonchev–Trinajstić information content (AvgIpc) is 3.20. The molecule has 1 N–H and O–H groups in total. The van der Waals surface area contributed by atoms with E-state index >= 15 is 0 Å². The summed E-state index contributed by atoms with van der Waals surface area (Å²) in [5, 5.41) is 3.43. The maximum Gasteiger partial charge on any atom is 0.355 e. The smallest absolute Gasteiger partial charge is 0.343 e. The van der Waals surface area contributed by atoms with Gasteiger partial charge in [-0.2, -0.15) is 0 Å². The van der Waals surface area contributed by atoms with E-state index in [0.29, 0.717) is 10.1 Å². The van der Waals surface area contributed by atoms with Crippen LogP contribution in [0.2, 0.25) is 0 Å². The highest BCUT2D eigenvalue weighted by Gasteiger charge is 2.35. The maximum atomic E-state index is 12.4. The number of hydroxylamine groups is 4. The van der Waals surface area contributed by atoms with Crippen molar-refractivity contribution in [2.24, 2.45) is 5.92 Å². The van der Waals surface area contributed by atoms with Gasteiger partial charge in [-0.15, -0.1) is 10.1 Å². The van der Waals surface area contributed by atoms with Crippen LogP contribution in [0.1, 0.15) is 71.6 Å². The number of nitrogens with zero attached hydrogens (tertiary/aromatic N) is 2. The molecular weight excluding hydrogens is 426 g/mol. The van der Waals surface area contributed by atoms with E-state index in [0.717, 1.165) is 0 Å². The fraction of sp³-hybridized carbons (Fsp3) is 0.650. The molecule has 12 heteroatoms. The lowest BCUT2D eigenvalue weighted by molar-refractivity contribution is -0.199. The van der Waals surface area contributed by atoms with Gasteiger partial charge in [0.1, 0.15) is 6.04 Å². The van der Waals surface area contributed by atoms with E-state index < -0.39 is 47.5 Å². The molecule has 0 unspecified atom stereocenters. The largest absolute Gasteiger partial charge is 0.355 e. The lowest BCUT2D eigenvalue weighted by Crippen LogP contribution is -2.46. The number of amides is 5. The maximum absolute atomic E-state index is 12.4. The Hall–Kier alpha value is -3.31. The van der Waals surface area contributed by atoms with E-state index in [9.17, 15) is 33.6 Å². The standard InChI is InChI=1S/C20H27N3O9/c1-12(2)11-13(20(30)32-23-17(27)9-10-18(23)28)21-14(24)5-3-4-6-19(29)31-22-15(25)7-8-16(22)26/h12-13H,3-11H2,1-2H3,(H,21,24)/t13-/m0/s1. The molecule has 0 aliphatic carbocycles. The molecule has 1 atom stereocenters. The van der Waals surface area contributed by atoms with E-state index in [2.05, 4.69) is 5.32 Å². The van der Waals surface area contributed by atoms with Crippen LogP contribution >= 0.6 is 0 Å². The van der Waals surface area contributed by atoms with Crippen molar-refractivity contribution in [1.82, 2.24) is 15.4 Å². The van der Waals surface area contributed by atoms with Crippen molar-refractivity contribution in [2.75, 3.05) is 0 Å². The number of nitrogens with one attached hydrogen (secondary N) is 1. The molecule has 0 bridgehead atoms. The first kappa shape index (κ1) is 25.0. The lowest BCUT2D eigenvalue weighted by Gasteiger charge is -2.21. The van der Waals surface area contributed by atoms with Crippen LogP contribution in [0.5, 0.6) is 0 Å². The van der Waals surface area contributed by atoms with Crippen molar-refractivity contribution in [3.63, 3.8) is 0 Å².